The summed E-state index contributed by atoms with van der Waals surface area (Å²) in [5.41, 5.74) is 1.45. The van der Waals surface area contributed by atoms with Crippen LogP contribution in [0.5, 0.6) is 6.01 Å². The van der Waals surface area contributed by atoms with Crippen LogP contribution in [0.4, 0.5) is 0 Å². The van der Waals surface area contributed by atoms with Crippen LogP contribution in [0.15, 0.2) is 53.1 Å². The van der Waals surface area contributed by atoms with Gasteiger partial charge >= 0.3 is 17.9 Å². The van der Waals surface area contributed by atoms with Crippen LogP contribution in [-0.2, 0) is 14.3 Å². The van der Waals surface area contributed by atoms with E-state index < -0.39 is 17.9 Å². The highest BCUT2D eigenvalue weighted by molar-refractivity contribution is 6.32. The number of carbonyl (C=O) groups excluding carboxylic acids is 1. The Bertz CT molecular complexity index is 1150. The Morgan fingerprint density at radius 2 is 2.03 bits per heavy atom. The van der Waals surface area contributed by atoms with Gasteiger partial charge in [-0.2, -0.15) is 5.26 Å². The highest BCUT2D eigenvalue weighted by atomic mass is 35.5. The number of ether oxygens (including phenoxy) is 2. The number of carboxylic acids is 1. The number of methoxy groups -OCH3 is 1. The summed E-state index contributed by atoms with van der Waals surface area (Å²) in [5, 5.41) is 19.6. The number of allylic oxidation sites excluding steroid dienone is 2. The average molecular weight is 457 g/mol. The topological polar surface area (TPSA) is 129 Å². The fraction of sp³-hybridized carbons (Fsp3) is 0.273. The monoisotopic (exact) mass is 456 g/mol. The first kappa shape index (κ1) is 23.1. The number of imidazole rings is 1. The van der Waals surface area contributed by atoms with E-state index in [0.717, 1.165) is 0 Å². The van der Waals surface area contributed by atoms with Gasteiger partial charge in [-0.25, -0.2) is 14.6 Å². The molecule has 1 atom stereocenters. The van der Waals surface area contributed by atoms with E-state index in [1.807, 2.05) is 6.07 Å². The molecule has 0 spiro atoms. The number of esters is 1. The minimum absolute atomic E-state index is 0.0301. The van der Waals surface area contributed by atoms with Gasteiger partial charge in [0, 0.05) is 37.4 Å². The van der Waals surface area contributed by atoms with E-state index >= 15 is 0 Å². The fourth-order valence-corrected chi connectivity index (χ4v) is 4.06. The number of halogens is 1. The second-order valence-corrected chi connectivity index (χ2v) is 7.36. The second-order valence-electron chi connectivity index (χ2n) is 6.99. The molecule has 1 aromatic heterocycles. The molecular formula is C22H21ClN4O5. The van der Waals surface area contributed by atoms with Gasteiger partial charge in [0.2, 0.25) is 0 Å². The third kappa shape index (κ3) is 4.23. The minimum atomic E-state index is -1.22. The summed E-state index contributed by atoms with van der Waals surface area (Å²) in [6.45, 7) is 3.98. The molecule has 9 nitrogen and oxygen atoms in total. The Morgan fingerprint density at radius 3 is 2.62 bits per heavy atom. The van der Waals surface area contributed by atoms with E-state index in [9.17, 15) is 20.0 Å². The van der Waals surface area contributed by atoms with Crippen molar-refractivity contribution in [1.29, 1.82) is 5.26 Å². The van der Waals surface area contributed by atoms with Gasteiger partial charge in [0.25, 0.3) is 0 Å². The number of rotatable bonds is 7. The summed E-state index contributed by atoms with van der Waals surface area (Å²) in [4.78, 5) is 34.0. The van der Waals surface area contributed by atoms with Crippen molar-refractivity contribution in [3.63, 3.8) is 0 Å². The van der Waals surface area contributed by atoms with Crippen molar-refractivity contribution in [2.75, 3.05) is 20.3 Å². The molecule has 166 valence electrons. The van der Waals surface area contributed by atoms with E-state index in [1.54, 1.807) is 30.9 Å². The number of nitriles is 1. The van der Waals surface area contributed by atoms with Gasteiger partial charge < -0.3 is 24.5 Å². The van der Waals surface area contributed by atoms with Crippen LogP contribution < -0.4 is 4.74 Å². The molecule has 2 N–H and O–H groups in total. The number of carbonyl (C=O) groups is 2. The molecule has 32 heavy (non-hydrogen) atoms. The molecule has 0 aliphatic carbocycles. The molecule has 2 heterocycles. The summed E-state index contributed by atoms with van der Waals surface area (Å²) in [7, 11) is 1.53. The zero-order chi connectivity index (χ0) is 23.4. The maximum absolute atomic E-state index is 13.3. The molecule has 0 fully saturated rings. The number of aliphatic carboxylic acids is 1. The Morgan fingerprint density at radius 1 is 1.31 bits per heavy atom. The van der Waals surface area contributed by atoms with E-state index in [1.165, 1.54) is 25.6 Å². The van der Waals surface area contributed by atoms with Crippen molar-refractivity contribution in [3.8, 4) is 12.1 Å². The van der Waals surface area contributed by atoms with Crippen LogP contribution in [0.2, 0.25) is 5.02 Å². The molecule has 0 unspecified atom stereocenters. The van der Waals surface area contributed by atoms with E-state index in [-0.39, 0.29) is 27.7 Å². The molecule has 0 amide bonds. The molecule has 1 aliphatic rings. The molecule has 1 aromatic carbocycles. The standard InChI is InChI=1S/C22H21ClN4O5/c1-12-16(20(28)29)18(15-6-4-5-14(11-24)19(15)23)17(13(2)27(12)9-10-31-3)21(30)32-22-25-7-8-26-22/h4-8,18H,9-10H2,1-3H3,(H,25,26)(H,28,29)/t18-/m1/s1. The Kier molecular flexibility index (Phi) is 6.98. The molecule has 1 aliphatic heterocycles. The number of aromatic amines is 1. The molecule has 10 heteroatoms. The van der Waals surface area contributed by atoms with Crippen molar-refractivity contribution in [3.05, 3.63) is 69.3 Å². The number of H-pyrrole nitrogens is 1. The first-order valence-electron chi connectivity index (χ1n) is 9.63. The Hall–Kier alpha value is -3.61. The van der Waals surface area contributed by atoms with Crippen LogP contribution in [0.1, 0.15) is 30.9 Å². The van der Waals surface area contributed by atoms with Gasteiger partial charge in [-0.15, -0.1) is 0 Å². The van der Waals surface area contributed by atoms with Crippen LogP contribution >= 0.6 is 11.6 Å². The molecule has 2 aromatic rings. The normalized spacial score (nSPS) is 16.2. The zero-order valence-corrected chi connectivity index (χ0v) is 18.4. The van der Waals surface area contributed by atoms with Gasteiger partial charge in [-0.1, -0.05) is 23.7 Å². The maximum Gasteiger partial charge on any atom is 0.344 e. The van der Waals surface area contributed by atoms with Crippen LogP contribution in [-0.4, -0.2) is 52.2 Å². The lowest BCUT2D eigenvalue weighted by Gasteiger charge is -2.37. The lowest BCUT2D eigenvalue weighted by atomic mass is 9.79. The summed E-state index contributed by atoms with van der Waals surface area (Å²) in [6.07, 6.45) is 2.92. The van der Waals surface area contributed by atoms with E-state index in [2.05, 4.69) is 9.97 Å². The molecule has 0 bridgehead atoms. The van der Waals surface area contributed by atoms with E-state index in [4.69, 9.17) is 21.1 Å². The maximum atomic E-state index is 13.3. The number of hydrogen-bond donors (Lipinski definition) is 2. The molecule has 0 saturated carbocycles. The van der Waals surface area contributed by atoms with Gasteiger partial charge in [-0.3, -0.25) is 0 Å². The van der Waals surface area contributed by atoms with Crippen molar-refractivity contribution in [1.82, 2.24) is 14.9 Å². The molecule has 0 radical (unpaired) electrons. The lowest BCUT2D eigenvalue weighted by Crippen LogP contribution is -2.37. The Labute approximate surface area is 189 Å². The molecule has 3 rings (SSSR count). The first-order valence-corrected chi connectivity index (χ1v) is 10.0. The summed E-state index contributed by atoms with van der Waals surface area (Å²) in [5.74, 6) is -3.06. The Balaban J connectivity index is 2.25. The van der Waals surface area contributed by atoms with Crippen molar-refractivity contribution in [2.24, 2.45) is 0 Å². The van der Waals surface area contributed by atoms with Gasteiger partial charge in [0.1, 0.15) is 6.07 Å². The predicted molar refractivity (Wildman–Crippen MR) is 115 cm³/mol. The summed E-state index contributed by atoms with van der Waals surface area (Å²) >= 11 is 6.48. The van der Waals surface area contributed by atoms with Crippen molar-refractivity contribution < 1.29 is 24.2 Å². The summed E-state index contributed by atoms with van der Waals surface area (Å²) < 4.78 is 10.5. The highest BCUT2D eigenvalue weighted by Gasteiger charge is 2.41. The van der Waals surface area contributed by atoms with Crippen LogP contribution in [0, 0.1) is 11.3 Å². The summed E-state index contributed by atoms with van der Waals surface area (Å²) in [6, 6.07) is 6.67. The van der Waals surface area contributed by atoms with Gasteiger partial charge in [0.05, 0.1) is 34.3 Å². The highest BCUT2D eigenvalue weighted by Crippen LogP contribution is 2.45. The number of carboxylic acid groups (broad SMARTS) is 1. The smallest absolute Gasteiger partial charge is 0.344 e. The van der Waals surface area contributed by atoms with E-state index in [0.29, 0.717) is 30.1 Å². The van der Waals surface area contributed by atoms with Gasteiger partial charge in [0.15, 0.2) is 0 Å². The quantitative estimate of drug-likeness (QED) is 0.607. The van der Waals surface area contributed by atoms with Crippen molar-refractivity contribution in [2.45, 2.75) is 19.8 Å². The SMILES string of the molecule is COCCN1C(C)=C(C(=O)O)[C@@H](c2cccc(C#N)c2Cl)C(C(=O)Oc2ncc[nH]2)=C1C. The van der Waals surface area contributed by atoms with Crippen molar-refractivity contribution >= 4 is 23.5 Å². The van der Waals surface area contributed by atoms with Gasteiger partial charge in [-0.05, 0) is 25.5 Å². The number of nitrogens with one attached hydrogen (secondary N) is 1. The third-order valence-electron chi connectivity index (χ3n) is 5.26. The number of nitrogens with zero attached hydrogens (tertiary/aromatic N) is 3. The minimum Gasteiger partial charge on any atom is -0.478 e. The molecule has 0 saturated heterocycles. The second kappa shape index (κ2) is 9.68. The fourth-order valence-electron chi connectivity index (χ4n) is 3.79. The first-order chi connectivity index (χ1) is 15.3. The third-order valence-corrected chi connectivity index (χ3v) is 5.68. The zero-order valence-electron chi connectivity index (χ0n) is 17.7. The lowest BCUT2D eigenvalue weighted by molar-refractivity contribution is -0.133. The number of benzene rings is 1. The largest absolute Gasteiger partial charge is 0.478 e. The molecular weight excluding hydrogens is 436 g/mol. The van der Waals surface area contributed by atoms with Crippen LogP contribution in [0.25, 0.3) is 0 Å². The number of hydrogen-bond acceptors (Lipinski definition) is 7. The number of aromatic nitrogens is 2. The average Bonchev–Trinajstić information content (AvgIpc) is 3.26. The van der Waals surface area contributed by atoms with Crippen LogP contribution in [0.3, 0.4) is 0 Å². The predicted octanol–water partition coefficient (Wildman–Crippen LogP) is 3.22.